The molecule has 1 N–H and O–H groups in total. The highest BCUT2D eigenvalue weighted by Gasteiger charge is 2.22. The van der Waals surface area contributed by atoms with Crippen molar-refractivity contribution in [3.63, 3.8) is 0 Å². The number of piperazine rings is 1. The molecule has 5 nitrogen and oxygen atoms in total. The Kier molecular flexibility index (Phi) is 4.89. The van der Waals surface area contributed by atoms with Crippen LogP contribution in [-0.4, -0.2) is 48.7 Å². The second-order valence-corrected chi connectivity index (χ2v) is 5.94. The number of amides is 1. The maximum absolute atomic E-state index is 12.3. The van der Waals surface area contributed by atoms with Gasteiger partial charge in [0.1, 0.15) is 11.5 Å². The summed E-state index contributed by atoms with van der Waals surface area (Å²) in [6, 6.07) is 14.7. The van der Waals surface area contributed by atoms with Gasteiger partial charge in [0.05, 0.1) is 0 Å². The Morgan fingerprint density at radius 1 is 1.04 bits per heavy atom. The van der Waals surface area contributed by atoms with Gasteiger partial charge in [-0.05, 0) is 42.8 Å². The molecule has 3 rings (SSSR count). The molecular formula is C19H22N2O3. The van der Waals surface area contributed by atoms with E-state index in [1.165, 1.54) is 11.3 Å². The minimum Gasteiger partial charge on any atom is -0.508 e. The number of aryl methyl sites for hydroxylation is 1. The first-order chi connectivity index (χ1) is 11.6. The SMILES string of the molecule is Cc1ccccc1N1CCN(C(=O)COc2ccc(O)cc2)CC1. The molecule has 1 aliphatic heterocycles. The quantitative estimate of drug-likeness (QED) is 0.937. The highest BCUT2D eigenvalue weighted by Crippen LogP contribution is 2.21. The van der Waals surface area contributed by atoms with Crippen LogP contribution in [-0.2, 0) is 4.79 Å². The molecule has 0 bridgehead atoms. The minimum atomic E-state index is -0.00694. The Labute approximate surface area is 142 Å². The molecule has 2 aromatic carbocycles. The van der Waals surface area contributed by atoms with Crippen molar-refractivity contribution in [2.75, 3.05) is 37.7 Å². The van der Waals surface area contributed by atoms with Crippen molar-refractivity contribution in [2.24, 2.45) is 0 Å². The highest BCUT2D eigenvalue weighted by atomic mass is 16.5. The third kappa shape index (κ3) is 3.79. The Morgan fingerprint density at radius 2 is 1.71 bits per heavy atom. The molecule has 1 amide bonds. The molecule has 24 heavy (non-hydrogen) atoms. The van der Waals surface area contributed by atoms with Gasteiger partial charge in [0, 0.05) is 31.9 Å². The van der Waals surface area contributed by atoms with E-state index < -0.39 is 0 Å². The maximum Gasteiger partial charge on any atom is 0.260 e. The molecule has 0 aromatic heterocycles. The van der Waals surface area contributed by atoms with Crippen LogP contribution in [0.1, 0.15) is 5.56 Å². The first-order valence-corrected chi connectivity index (χ1v) is 8.13. The largest absolute Gasteiger partial charge is 0.508 e. The van der Waals surface area contributed by atoms with E-state index in [1.807, 2.05) is 17.0 Å². The number of ether oxygens (including phenoxy) is 1. The molecule has 5 heteroatoms. The van der Waals surface area contributed by atoms with Crippen molar-refractivity contribution in [3.05, 3.63) is 54.1 Å². The first kappa shape index (κ1) is 16.2. The first-order valence-electron chi connectivity index (χ1n) is 8.13. The molecule has 1 saturated heterocycles. The van der Waals surface area contributed by atoms with Crippen LogP contribution in [0.15, 0.2) is 48.5 Å². The van der Waals surface area contributed by atoms with Crippen LogP contribution in [0.3, 0.4) is 0 Å². The predicted molar refractivity (Wildman–Crippen MR) is 93.6 cm³/mol. The summed E-state index contributed by atoms with van der Waals surface area (Å²) in [7, 11) is 0. The van der Waals surface area contributed by atoms with E-state index in [4.69, 9.17) is 4.74 Å². The summed E-state index contributed by atoms with van der Waals surface area (Å²) in [4.78, 5) is 16.4. The van der Waals surface area contributed by atoms with Gasteiger partial charge in [-0.2, -0.15) is 0 Å². The molecule has 0 aliphatic carbocycles. The van der Waals surface area contributed by atoms with E-state index >= 15 is 0 Å². The molecule has 1 aliphatic rings. The van der Waals surface area contributed by atoms with Crippen LogP contribution < -0.4 is 9.64 Å². The molecule has 0 saturated carbocycles. The normalized spacial score (nSPS) is 14.5. The summed E-state index contributed by atoms with van der Waals surface area (Å²) in [5, 5.41) is 9.24. The van der Waals surface area contributed by atoms with Crippen molar-refractivity contribution in [3.8, 4) is 11.5 Å². The summed E-state index contributed by atoms with van der Waals surface area (Å²) in [5.41, 5.74) is 2.50. The predicted octanol–water partition coefficient (Wildman–Crippen LogP) is 2.43. The lowest BCUT2D eigenvalue weighted by atomic mass is 10.1. The number of rotatable bonds is 4. The number of para-hydroxylation sites is 1. The maximum atomic E-state index is 12.3. The number of benzene rings is 2. The van der Waals surface area contributed by atoms with Crippen LogP contribution in [0.25, 0.3) is 0 Å². The number of aromatic hydroxyl groups is 1. The van der Waals surface area contributed by atoms with Gasteiger partial charge in [0.25, 0.3) is 5.91 Å². The Morgan fingerprint density at radius 3 is 2.38 bits per heavy atom. The fourth-order valence-electron chi connectivity index (χ4n) is 2.89. The number of carbonyl (C=O) groups excluding carboxylic acids is 1. The molecular weight excluding hydrogens is 304 g/mol. The zero-order valence-corrected chi connectivity index (χ0v) is 13.8. The average molecular weight is 326 g/mol. The zero-order chi connectivity index (χ0) is 16.9. The molecule has 126 valence electrons. The average Bonchev–Trinajstić information content (AvgIpc) is 2.61. The summed E-state index contributed by atoms with van der Waals surface area (Å²) < 4.78 is 5.49. The van der Waals surface area contributed by atoms with Crippen molar-refractivity contribution >= 4 is 11.6 Å². The van der Waals surface area contributed by atoms with Gasteiger partial charge >= 0.3 is 0 Å². The summed E-state index contributed by atoms with van der Waals surface area (Å²) >= 11 is 0. The molecule has 2 aromatic rings. The third-order valence-electron chi connectivity index (χ3n) is 4.29. The zero-order valence-electron chi connectivity index (χ0n) is 13.8. The van der Waals surface area contributed by atoms with Crippen LogP contribution in [0.4, 0.5) is 5.69 Å². The second-order valence-electron chi connectivity index (χ2n) is 5.94. The Balaban J connectivity index is 1.50. The van der Waals surface area contributed by atoms with E-state index in [-0.39, 0.29) is 18.3 Å². The number of phenolic OH excluding ortho intramolecular Hbond substituents is 1. The Hall–Kier alpha value is -2.69. The van der Waals surface area contributed by atoms with E-state index in [0.29, 0.717) is 18.8 Å². The number of hydrogen-bond acceptors (Lipinski definition) is 4. The lowest BCUT2D eigenvalue weighted by molar-refractivity contribution is -0.133. The minimum absolute atomic E-state index is 0.00694. The molecule has 0 atom stereocenters. The van der Waals surface area contributed by atoms with E-state index in [1.54, 1.807) is 24.3 Å². The monoisotopic (exact) mass is 326 g/mol. The van der Waals surface area contributed by atoms with Crippen molar-refractivity contribution < 1.29 is 14.6 Å². The van der Waals surface area contributed by atoms with Gasteiger partial charge < -0.3 is 19.6 Å². The number of carbonyl (C=O) groups is 1. The topological polar surface area (TPSA) is 53.0 Å². The smallest absolute Gasteiger partial charge is 0.260 e. The number of hydrogen-bond donors (Lipinski definition) is 1. The number of anilines is 1. The van der Waals surface area contributed by atoms with E-state index in [9.17, 15) is 9.90 Å². The van der Waals surface area contributed by atoms with E-state index in [2.05, 4.69) is 24.0 Å². The fraction of sp³-hybridized carbons (Fsp3) is 0.316. The van der Waals surface area contributed by atoms with Gasteiger partial charge in [0.15, 0.2) is 6.61 Å². The summed E-state index contributed by atoms with van der Waals surface area (Å²) in [5.74, 6) is 0.758. The van der Waals surface area contributed by atoms with Crippen LogP contribution >= 0.6 is 0 Å². The third-order valence-corrected chi connectivity index (χ3v) is 4.29. The van der Waals surface area contributed by atoms with Gasteiger partial charge in [-0.1, -0.05) is 18.2 Å². The van der Waals surface area contributed by atoms with E-state index in [0.717, 1.165) is 13.1 Å². The lowest BCUT2D eigenvalue weighted by Crippen LogP contribution is -2.50. The van der Waals surface area contributed by atoms with Gasteiger partial charge in [-0.25, -0.2) is 0 Å². The van der Waals surface area contributed by atoms with Crippen molar-refractivity contribution in [1.82, 2.24) is 4.90 Å². The van der Waals surface area contributed by atoms with Crippen LogP contribution in [0.5, 0.6) is 11.5 Å². The molecule has 0 radical (unpaired) electrons. The standard InChI is InChI=1S/C19H22N2O3/c1-15-4-2-3-5-18(15)20-10-12-21(13-11-20)19(23)14-24-17-8-6-16(22)7-9-17/h2-9,22H,10-14H2,1H3. The summed E-state index contributed by atoms with van der Waals surface area (Å²) in [6.45, 7) is 5.19. The molecule has 0 unspecified atom stereocenters. The second kappa shape index (κ2) is 7.25. The van der Waals surface area contributed by atoms with Crippen LogP contribution in [0.2, 0.25) is 0 Å². The highest BCUT2D eigenvalue weighted by molar-refractivity contribution is 5.78. The van der Waals surface area contributed by atoms with Gasteiger partial charge in [-0.3, -0.25) is 4.79 Å². The van der Waals surface area contributed by atoms with Crippen LogP contribution in [0, 0.1) is 6.92 Å². The van der Waals surface area contributed by atoms with Gasteiger partial charge in [-0.15, -0.1) is 0 Å². The van der Waals surface area contributed by atoms with Crippen molar-refractivity contribution in [1.29, 1.82) is 0 Å². The number of phenols is 1. The molecule has 1 fully saturated rings. The Bertz CT molecular complexity index is 692. The fourth-order valence-corrected chi connectivity index (χ4v) is 2.89. The van der Waals surface area contributed by atoms with Crippen molar-refractivity contribution in [2.45, 2.75) is 6.92 Å². The summed E-state index contributed by atoms with van der Waals surface area (Å²) in [6.07, 6.45) is 0. The molecule has 1 heterocycles. The number of nitrogens with zero attached hydrogens (tertiary/aromatic N) is 2. The lowest BCUT2D eigenvalue weighted by Gasteiger charge is -2.36. The molecule has 0 spiro atoms. The van der Waals surface area contributed by atoms with Gasteiger partial charge in [0.2, 0.25) is 0 Å².